The van der Waals surface area contributed by atoms with Crippen LogP contribution in [0.2, 0.25) is 0 Å². The van der Waals surface area contributed by atoms with Gasteiger partial charge in [-0.25, -0.2) is 4.98 Å². The SMILES string of the molecule is CCOc1cccc(-c2cc(C(=O)NC(C)C(OC)OC)c3cc(Br)ccc3n2)c1. The number of carbonyl (C=O) groups excluding carboxylic acids is 1. The molecule has 0 saturated heterocycles. The van der Waals surface area contributed by atoms with E-state index in [0.29, 0.717) is 17.9 Å². The average molecular weight is 473 g/mol. The van der Waals surface area contributed by atoms with Crippen LogP contribution in [0.3, 0.4) is 0 Å². The van der Waals surface area contributed by atoms with Gasteiger partial charge in [-0.15, -0.1) is 0 Å². The van der Waals surface area contributed by atoms with Crippen molar-refractivity contribution in [2.75, 3.05) is 20.8 Å². The van der Waals surface area contributed by atoms with Crippen molar-refractivity contribution in [2.45, 2.75) is 26.2 Å². The maximum Gasteiger partial charge on any atom is 0.252 e. The molecule has 2 aromatic carbocycles. The molecule has 0 saturated carbocycles. The number of halogens is 1. The molecule has 6 nitrogen and oxygen atoms in total. The first-order chi connectivity index (χ1) is 14.5. The Hall–Kier alpha value is -2.48. The molecule has 30 heavy (non-hydrogen) atoms. The minimum Gasteiger partial charge on any atom is -0.494 e. The highest BCUT2D eigenvalue weighted by Crippen LogP contribution is 2.29. The molecule has 1 N–H and O–H groups in total. The van der Waals surface area contributed by atoms with Crippen molar-refractivity contribution in [1.29, 1.82) is 0 Å². The second-order valence-electron chi connectivity index (χ2n) is 6.78. The van der Waals surface area contributed by atoms with E-state index in [-0.39, 0.29) is 11.9 Å². The Morgan fingerprint density at radius 3 is 2.60 bits per heavy atom. The first-order valence-electron chi connectivity index (χ1n) is 9.66. The van der Waals surface area contributed by atoms with Gasteiger partial charge in [-0.1, -0.05) is 28.1 Å². The summed E-state index contributed by atoms with van der Waals surface area (Å²) in [6.07, 6.45) is -0.545. The van der Waals surface area contributed by atoms with E-state index in [0.717, 1.165) is 26.7 Å². The largest absolute Gasteiger partial charge is 0.494 e. The Morgan fingerprint density at radius 1 is 1.13 bits per heavy atom. The fraction of sp³-hybridized carbons (Fsp3) is 0.304. The topological polar surface area (TPSA) is 69.7 Å². The first-order valence-corrected chi connectivity index (χ1v) is 10.5. The van der Waals surface area contributed by atoms with Gasteiger partial charge in [0.25, 0.3) is 5.91 Å². The number of benzene rings is 2. The molecule has 7 heteroatoms. The Morgan fingerprint density at radius 2 is 1.90 bits per heavy atom. The van der Waals surface area contributed by atoms with Crippen LogP contribution in [0.4, 0.5) is 0 Å². The normalized spacial score (nSPS) is 12.2. The summed E-state index contributed by atoms with van der Waals surface area (Å²) < 4.78 is 17.0. The zero-order chi connectivity index (χ0) is 21.7. The van der Waals surface area contributed by atoms with Crippen LogP contribution < -0.4 is 10.1 Å². The molecule has 0 radical (unpaired) electrons. The highest BCUT2D eigenvalue weighted by Gasteiger charge is 2.21. The van der Waals surface area contributed by atoms with E-state index in [2.05, 4.69) is 21.2 Å². The average Bonchev–Trinajstić information content (AvgIpc) is 2.74. The lowest BCUT2D eigenvalue weighted by atomic mass is 10.0. The molecule has 1 amide bonds. The quantitative estimate of drug-likeness (QED) is 0.476. The third kappa shape index (κ3) is 4.98. The van der Waals surface area contributed by atoms with Crippen molar-refractivity contribution >= 4 is 32.7 Å². The van der Waals surface area contributed by atoms with Gasteiger partial charge in [0, 0.05) is 29.6 Å². The van der Waals surface area contributed by atoms with Crippen LogP contribution in [-0.2, 0) is 9.47 Å². The van der Waals surface area contributed by atoms with Crippen molar-refractivity contribution in [3.05, 3.63) is 58.6 Å². The van der Waals surface area contributed by atoms with Crippen LogP contribution in [0.25, 0.3) is 22.2 Å². The number of amides is 1. The third-order valence-corrected chi connectivity index (χ3v) is 5.18. The second-order valence-corrected chi connectivity index (χ2v) is 7.69. The molecule has 1 atom stereocenters. The van der Waals surface area contributed by atoms with Crippen LogP contribution in [0.5, 0.6) is 5.75 Å². The smallest absolute Gasteiger partial charge is 0.252 e. The number of fused-ring (bicyclic) bond motifs is 1. The summed E-state index contributed by atoms with van der Waals surface area (Å²) in [7, 11) is 3.08. The molecule has 0 spiro atoms. The molecule has 3 rings (SSSR count). The number of pyridine rings is 1. The Labute approximate surface area is 184 Å². The van der Waals surface area contributed by atoms with Crippen LogP contribution in [0, 0.1) is 0 Å². The Balaban J connectivity index is 2.07. The number of rotatable bonds is 8. The number of ether oxygens (including phenoxy) is 3. The summed E-state index contributed by atoms with van der Waals surface area (Å²) in [6, 6.07) is 14.8. The number of carbonyl (C=O) groups is 1. The van der Waals surface area contributed by atoms with Gasteiger partial charge >= 0.3 is 0 Å². The molecule has 158 valence electrons. The van der Waals surface area contributed by atoms with Crippen molar-refractivity contribution < 1.29 is 19.0 Å². The summed E-state index contributed by atoms with van der Waals surface area (Å²) in [5.74, 6) is 0.532. The van der Waals surface area contributed by atoms with E-state index in [4.69, 9.17) is 19.2 Å². The molecule has 0 bridgehead atoms. The second kappa shape index (κ2) is 10.0. The van der Waals surface area contributed by atoms with E-state index >= 15 is 0 Å². The van der Waals surface area contributed by atoms with Gasteiger partial charge in [-0.3, -0.25) is 4.79 Å². The van der Waals surface area contributed by atoms with Crippen molar-refractivity contribution in [3.63, 3.8) is 0 Å². The van der Waals surface area contributed by atoms with E-state index in [1.54, 1.807) is 20.3 Å². The summed E-state index contributed by atoms with van der Waals surface area (Å²) in [5.41, 5.74) is 2.82. The van der Waals surface area contributed by atoms with Crippen LogP contribution in [-0.4, -0.2) is 44.0 Å². The fourth-order valence-electron chi connectivity index (χ4n) is 3.30. The van der Waals surface area contributed by atoms with Gasteiger partial charge in [-0.05, 0) is 50.2 Å². The fourth-order valence-corrected chi connectivity index (χ4v) is 3.66. The van der Waals surface area contributed by atoms with E-state index in [1.165, 1.54) is 0 Å². The highest BCUT2D eigenvalue weighted by molar-refractivity contribution is 9.10. The van der Waals surface area contributed by atoms with Crippen LogP contribution in [0.1, 0.15) is 24.2 Å². The molecular formula is C23H25BrN2O4. The maximum absolute atomic E-state index is 13.2. The Bertz CT molecular complexity index is 1040. The molecule has 3 aromatic rings. The summed E-state index contributed by atoms with van der Waals surface area (Å²) in [4.78, 5) is 18.0. The van der Waals surface area contributed by atoms with Gasteiger partial charge in [0.15, 0.2) is 6.29 Å². The zero-order valence-electron chi connectivity index (χ0n) is 17.4. The highest BCUT2D eigenvalue weighted by atomic mass is 79.9. The van der Waals surface area contributed by atoms with E-state index in [1.807, 2.05) is 56.3 Å². The first kappa shape index (κ1) is 22.2. The molecule has 1 unspecified atom stereocenters. The standard InChI is InChI=1S/C23H25BrN2O4/c1-5-30-17-8-6-7-15(11-17)21-13-19(18-12-16(24)9-10-20(18)26-21)22(27)25-14(2)23(28-3)29-4/h6-14,23H,5H2,1-4H3,(H,25,27). The van der Waals surface area contributed by atoms with E-state index in [9.17, 15) is 4.79 Å². The lowest BCUT2D eigenvalue weighted by molar-refractivity contribution is -0.117. The number of aromatic nitrogens is 1. The number of methoxy groups -OCH3 is 2. The molecule has 0 aliphatic carbocycles. The predicted molar refractivity (Wildman–Crippen MR) is 121 cm³/mol. The van der Waals surface area contributed by atoms with Gasteiger partial charge < -0.3 is 19.5 Å². The lowest BCUT2D eigenvalue weighted by Gasteiger charge is -2.22. The molecule has 1 heterocycles. The third-order valence-electron chi connectivity index (χ3n) is 4.69. The number of hydrogen-bond donors (Lipinski definition) is 1. The summed E-state index contributed by atoms with van der Waals surface area (Å²) in [6.45, 7) is 4.35. The molecule has 0 aliphatic heterocycles. The summed E-state index contributed by atoms with van der Waals surface area (Å²) in [5, 5.41) is 3.72. The zero-order valence-corrected chi connectivity index (χ0v) is 19.0. The number of hydrogen-bond acceptors (Lipinski definition) is 5. The predicted octanol–water partition coefficient (Wildman–Crippen LogP) is 4.80. The number of nitrogens with one attached hydrogen (secondary N) is 1. The molecular weight excluding hydrogens is 448 g/mol. The van der Waals surface area contributed by atoms with Crippen molar-refractivity contribution in [1.82, 2.24) is 10.3 Å². The van der Waals surface area contributed by atoms with Crippen LogP contribution >= 0.6 is 15.9 Å². The monoisotopic (exact) mass is 472 g/mol. The number of nitrogens with zero attached hydrogens (tertiary/aromatic N) is 1. The summed E-state index contributed by atoms with van der Waals surface area (Å²) >= 11 is 3.49. The minimum absolute atomic E-state index is 0.227. The Kier molecular flexibility index (Phi) is 7.42. The van der Waals surface area contributed by atoms with Crippen molar-refractivity contribution in [2.24, 2.45) is 0 Å². The van der Waals surface area contributed by atoms with E-state index < -0.39 is 6.29 Å². The molecule has 0 fully saturated rings. The molecule has 1 aromatic heterocycles. The van der Waals surface area contributed by atoms with Gasteiger partial charge in [0.2, 0.25) is 0 Å². The van der Waals surface area contributed by atoms with Crippen LogP contribution in [0.15, 0.2) is 53.0 Å². The minimum atomic E-state index is -0.545. The lowest BCUT2D eigenvalue weighted by Crippen LogP contribution is -2.43. The van der Waals surface area contributed by atoms with Gasteiger partial charge in [0.1, 0.15) is 5.75 Å². The van der Waals surface area contributed by atoms with Gasteiger partial charge in [-0.2, -0.15) is 0 Å². The molecule has 0 aliphatic rings. The van der Waals surface area contributed by atoms with Crippen molar-refractivity contribution in [3.8, 4) is 17.0 Å². The maximum atomic E-state index is 13.2. The van der Waals surface area contributed by atoms with Gasteiger partial charge in [0.05, 0.1) is 29.4 Å².